The third-order valence-electron chi connectivity index (χ3n) is 4.70. The minimum absolute atomic E-state index is 0.149. The van der Waals surface area contributed by atoms with Crippen LogP contribution in [0.4, 0.5) is 4.39 Å². The molecule has 4 rings (SSSR count). The molecule has 5 nitrogen and oxygen atoms in total. The fraction of sp³-hybridized carbons (Fsp3) is 0.200. The highest BCUT2D eigenvalue weighted by molar-refractivity contribution is 6.30. The Morgan fingerprint density at radius 3 is 2.56 bits per heavy atom. The SMILES string of the molecule is COCCN1C(=O)c2[nH]nc(-c3ccc(Cl)cc3)c2C1c1ccc(F)cc1. The van der Waals surface area contributed by atoms with Crippen molar-refractivity contribution in [2.24, 2.45) is 0 Å². The van der Waals surface area contributed by atoms with E-state index in [1.165, 1.54) is 12.1 Å². The summed E-state index contributed by atoms with van der Waals surface area (Å²) in [5.74, 6) is -0.471. The second kappa shape index (κ2) is 7.13. The largest absolute Gasteiger partial charge is 0.383 e. The van der Waals surface area contributed by atoms with Gasteiger partial charge in [-0.2, -0.15) is 5.10 Å². The summed E-state index contributed by atoms with van der Waals surface area (Å²) in [5, 5.41) is 7.88. The van der Waals surface area contributed by atoms with Crippen LogP contribution in [0.2, 0.25) is 5.02 Å². The Hall–Kier alpha value is -2.70. The molecule has 0 radical (unpaired) electrons. The van der Waals surface area contributed by atoms with Crippen molar-refractivity contribution in [2.75, 3.05) is 20.3 Å². The summed E-state index contributed by atoms with van der Waals surface area (Å²) in [4.78, 5) is 14.7. The van der Waals surface area contributed by atoms with E-state index < -0.39 is 0 Å². The van der Waals surface area contributed by atoms with E-state index >= 15 is 0 Å². The molecule has 0 spiro atoms. The number of halogens is 2. The number of fused-ring (bicyclic) bond motifs is 1. The number of rotatable bonds is 5. The molecule has 1 N–H and O–H groups in total. The van der Waals surface area contributed by atoms with E-state index in [9.17, 15) is 9.18 Å². The second-order valence-electron chi connectivity index (χ2n) is 6.31. The molecule has 0 aliphatic carbocycles. The van der Waals surface area contributed by atoms with Gasteiger partial charge in [-0.25, -0.2) is 4.39 Å². The van der Waals surface area contributed by atoms with Crippen LogP contribution in [0.15, 0.2) is 48.5 Å². The number of nitrogens with zero attached hydrogens (tertiary/aromatic N) is 2. The van der Waals surface area contributed by atoms with Gasteiger partial charge in [-0.15, -0.1) is 0 Å². The van der Waals surface area contributed by atoms with Gasteiger partial charge in [-0.1, -0.05) is 35.9 Å². The van der Waals surface area contributed by atoms with Crippen molar-refractivity contribution in [2.45, 2.75) is 6.04 Å². The van der Waals surface area contributed by atoms with Crippen LogP contribution in [0.25, 0.3) is 11.3 Å². The van der Waals surface area contributed by atoms with Gasteiger partial charge in [0, 0.05) is 29.8 Å². The van der Waals surface area contributed by atoms with Gasteiger partial charge in [0.05, 0.1) is 18.3 Å². The van der Waals surface area contributed by atoms with Crippen LogP contribution in [0.1, 0.15) is 27.7 Å². The van der Waals surface area contributed by atoms with Gasteiger partial charge in [-0.3, -0.25) is 9.89 Å². The van der Waals surface area contributed by atoms with Crippen LogP contribution in [-0.4, -0.2) is 41.3 Å². The van der Waals surface area contributed by atoms with Crippen molar-refractivity contribution < 1.29 is 13.9 Å². The van der Waals surface area contributed by atoms with Gasteiger partial charge in [0.1, 0.15) is 11.5 Å². The molecule has 1 aliphatic rings. The summed E-state index contributed by atoms with van der Waals surface area (Å²) in [5.41, 5.74) is 3.58. The van der Waals surface area contributed by atoms with Gasteiger partial charge in [0.2, 0.25) is 0 Å². The number of ether oxygens (including phenoxy) is 1. The molecular weight excluding hydrogens is 369 g/mol. The number of aromatic amines is 1. The average Bonchev–Trinajstić information content (AvgIpc) is 3.21. The molecule has 1 unspecified atom stereocenters. The Kier molecular flexibility index (Phi) is 4.68. The molecule has 0 saturated heterocycles. The van der Waals surface area contributed by atoms with Crippen molar-refractivity contribution in [3.05, 3.63) is 76.2 Å². The smallest absolute Gasteiger partial charge is 0.273 e. The third-order valence-corrected chi connectivity index (χ3v) is 4.96. The number of amides is 1. The normalized spacial score (nSPS) is 16.0. The number of hydrogen-bond donors (Lipinski definition) is 1. The van der Waals surface area contributed by atoms with E-state index in [0.717, 1.165) is 16.7 Å². The molecule has 7 heteroatoms. The molecule has 0 saturated carbocycles. The van der Waals surface area contributed by atoms with Gasteiger partial charge in [-0.05, 0) is 29.8 Å². The molecule has 3 aromatic rings. The molecule has 2 heterocycles. The van der Waals surface area contributed by atoms with Crippen LogP contribution in [0.3, 0.4) is 0 Å². The number of carbonyl (C=O) groups is 1. The maximum absolute atomic E-state index is 13.4. The quantitative estimate of drug-likeness (QED) is 0.720. The maximum atomic E-state index is 13.4. The summed E-state index contributed by atoms with van der Waals surface area (Å²) >= 11 is 5.99. The van der Waals surface area contributed by atoms with Crippen molar-refractivity contribution in [1.82, 2.24) is 15.1 Å². The lowest BCUT2D eigenvalue weighted by atomic mass is 9.96. The maximum Gasteiger partial charge on any atom is 0.273 e. The second-order valence-corrected chi connectivity index (χ2v) is 6.75. The topological polar surface area (TPSA) is 58.2 Å². The number of carbonyl (C=O) groups excluding carboxylic acids is 1. The Morgan fingerprint density at radius 1 is 1.19 bits per heavy atom. The van der Waals surface area contributed by atoms with E-state index in [-0.39, 0.29) is 17.8 Å². The summed E-state index contributed by atoms with van der Waals surface area (Å²) in [7, 11) is 1.59. The number of H-pyrrole nitrogens is 1. The van der Waals surface area contributed by atoms with Crippen molar-refractivity contribution in [3.63, 3.8) is 0 Å². The van der Waals surface area contributed by atoms with Crippen LogP contribution >= 0.6 is 11.6 Å². The summed E-state index contributed by atoms with van der Waals surface area (Å²) < 4.78 is 18.6. The number of hydrogen-bond acceptors (Lipinski definition) is 3. The van der Waals surface area contributed by atoms with E-state index in [2.05, 4.69) is 10.2 Å². The van der Waals surface area contributed by atoms with Crippen molar-refractivity contribution in [1.29, 1.82) is 0 Å². The summed E-state index contributed by atoms with van der Waals surface area (Å²) in [6.07, 6.45) is 0. The Labute approximate surface area is 160 Å². The first-order valence-electron chi connectivity index (χ1n) is 8.49. The molecule has 138 valence electrons. The predicted molar refractivity (Wildman–Crippen MR) is 100 cm³/mol. The lowest BCUT2D eigenvalue weighted by Crippen LogP contribution is -2.32. The highest BCUT2D eigenvalue weighted by atomic mass is 35.5. The molecule has 27 heavy (non-hydrogen) atoms. The molecule has 1 atom stereocenters. The zero-order valence-electron chi connectivity index (χ0n) is 14.6. The zero-order valence-corrected chi connectivity index (χ0v) is 15.3. The third kappa shape index (κ3) is 3.11. The van der Waals surface area contributed by atoms with E-state index in [1.807, 2.05) is 12.1 Å². The molecular formula is C20H17ClFN3O2. The van der Waals surface area contributed by atoms with Crippen molar-refractivity contribution in [3.8, 4) is 11.3 Å². The first-order chi connectivity index (χ1) is 13.1. The van der Waals surface area contributed by atoms with E-state index in [1.54, 1.807) is 36.3 Å². The van der Waals surface area contributed by atoms with E-state index in [4.69, 9.17) is 16.3 Å². The fourth-order valence-electron chi connectivity index (χ4n) is 3.44. The minimum Gasteiger partial charge on any atom is -0.383 e. The number of benzene rings is 2. The zero-order chi connectivity index (χ0) is 19.0. The fourth-order valence-corrected chi connectivity index (χ4v) is 3.56. The molecule has 1 aromatic heterocycles. The monoisotopic (exact) mass is 385 g/mol. The molecule has 1 aliphatic heterocycles. The van der Waals surface area contributed by atoms with Crippen molar-refractivity contribution >= 4 is 17.5 Å². The minimum atomic E-state index is -0.368. The average molecular weight is 386 g/mol. The standard InChI is InChI=1S/C20H17ClFN3O2/c1-27-11-10-25-19(13-4-8-15(22)9-5-13)16-17(23-24-18(16)20(25)26)12-2-6-14(21)7-3-12/h2-9,19H,10-11H2,1H3,(H,23,24). The highest BCUT2D eigenvalue weighted by Gasteiger charge is 2.41. The van der Waals surface area contributed by atoms with Crippen LogP contribution in [-0.2, 0) is 4.74 Å². The molecule has 0 fully saturated rings. The number of nitrogens with one attached hydrogen (secondary N) is 1. The Balaban J connectivity index is 1.84. The number of aromatic nitrogens is 2. The first-order valence-corrected chi connectivity index (χ1v) is 8.87. The molecule has 1 amide bonds. The lowest BCUT2D eigenvalue weighted by Gasteiger charge is -2.26. The van der Waals surface area contributed by atoms with Gasteiger partial charge in [0.25, 0.3) is 5.91 Å². The number of methoxy groups -OCH3 is 1. The Bertz CT molecular complexity index is 970. The van der Waals surface area contributed by atoms with Gasteiger partial charge < -0.3 is 9.64 Å². The molecule has 0 bridgehead atoms. The van der Waals surface area contributed by atoms with Gasteiger partial charge in [0.15, 0.2) is 0 Å². The predicted octanol–water partition coefficient (Wildman–Crippen LogP) is 4.06. The van der Waals surface area contributed by atoms with E-state index in [0.29, 0.717) is 29.6 Å². The van der Waals surface area contributed by atoms with Gasteiger partial charge >= 0.3 is 0 Å². The first kappa shape index (κ1) is 17.7. The summed E-state index contributed by atoms with van der Waals surface area (Å²) in [6.45, 7) is 0.817. The van der Waals surface area contributed by atoms with Crippen LogP contribution < -0.4 is 0 Å². The molecule has 2 aromatic carbocycles. The Morgan fingerprint density at radius 2 is 1.89 bits per heavy atom. The highest BCUT2D eigenvalue weighted by Crippen LogP contribution is 2.42. The van der Waals surface area contributed by atoms with Crippen LogP contribution in [0, 0.1) is 5.82 Å². The lowest BCUT2D eigenvalue weighted by molar-refractivity contribution is 0.0677. The van der Waals surface area contributed by atoms with Crippen LogP contribution in [0.5, 0.6) is 0 Å². The summed E-state index contributed by atoms with van der Waals surface area (Å²) in [6, 6.07) is 13.1.